The van der Waals surface area contributed by atoms with E-state index in [4.69, 9.17) is 27.9 Å². The highest BCUT2D eigenvalue weighted by Gasteiger charge is 2.20. The number of carbonyl (C=O) groups excluding carboxylic acids is 1. The maximum Gasteiger partial charge on any atom is 0.237 e. The monoisotopic (exact) mass is 423 g/mol. The molecule has 0 bridgehead atoms. The second kappa shape index (κ2) is 8.60. The van der Waals surface area contributed by atoms with Crippen molar-refractivity contribution in [3.8, 4) is 11.4 Å². The molecule has 0 radical (unpaired) electrons. The van der Waals surface area contributed by atoms with E-state index >= 15 is 0 Å². The number of nitrogens with zero attached hydrogens (tertiary/aromatic N) is 4. The molecular formula is C17H15Cl2N5O2S. The number of tetrazole rings is 1. The summed E-state index contributed by atoms with van der Waals surface area (Å²) in [7, 11) is 1.60. The zero-order valence-corrected chi connectivity index (χ0v) is 16.7. The number of thioether (sulfide) groups is 1. The molecule has 0 aliphatic heterocycles. The molecule has 27 heavy (non-hydrogen) atoms. The van der Waals surface area contributed by atoms with Gasteiger partial charge < -0.3 is 10.1 Å². The highest BCUT2D eigenvalue weighted by atomic mass is 35.5. The summed E-state index contributed by atoms with van der Waals surface area (Å²) in [5, 5.41) is 15.4. The Morgan fingerprint density at radius 2 is 1.96 bits per heavy atom. The van der Waals surface area contributed by atoms with Crippen LogP contribution in [-0.4, -0.2) is 38.5 Å². The highest BCUT2D eigenvalue weighted by Crippen LogP contribution is 2.28. The SMILES string of the molecule is COc1ccc(-n2nnnc2S[C@H](C)C(=O)Nc2cc(Cl)ccc2Cl)cc1. The zero-order chi connectivity index (χ0) is 19.4. The van der Waals surface area contributed by atoms with Gasteiger partial charge in [0.15, 0.2) is 0 Å². The first-order valence-corrected chi connectivity index (χ1v) is 9.47. The average molecular weight is 424 g/mol. The number of rotatable bonds is 6. The van der Waals surface area contributed by atoms with Gasteiger partial charge in [0.1, 0.15) is 5.75 Å². The minimum atomic E-state index is -0.469. The summed E-state index contributed by atoms with van der Waals surface area (Å²) in [4.78, 5) is 12.5. The fourth-order valence-electron chi connectivity index (χ4n) is 2.18. The number of carbonyl (C=O) groups is 1. The number of amides is 1. The molecule has 0 saturated carbocycles. The second-order valence-electron chi connectivity index (χ2n) is 5.44. The van der Waals surface area contributed by atoms with Gasteiger partial charge in [-0.2, -0.15) is 4.68 Å². The van der Waals surface area contributed by atoms with Crippen molar-refractivity contribution < 1.29 is 9.53 Å². The molecule has 0 fully saturated rings. The summed E-state index contributed by atoms with van der Waals surface area (Å²) >= 11 is 13.3. The van der Waals surface area contributed by atoms with Crippen molar-refractivity contribution in [2.45, 2.75) is 17.3 Å². The normalized spacial score (nSPS) is 11.9. The van der Waals surface area contributed by atoms with Crippen molar-refractivity contribution in [1.82, 2.24) is 20.2 Å². The number of benzene rings is 2. The molecule has 7 nitrogen and oxygen atoms in total. The quantitative estimate of drug-likeness (QED) is 0.600. The van der Waals surface area contributed by atoms with Crippen LogP contribution in [0, 0.1) is 0 Å². The van der Waals surface area contributed by atoms with Crippen LogP contribution in [0.25, 0.3) is 5.69 Å². The fraction of sp³-hybridized carbons (Fsp3) is 0.176. The predicted octanol–water partition coefficient (Wildman–Crippen LogP) is 4.10. The molecule has 0 spiro atoms. The first-order valence-electron chi connectivity index (χ1n) is 7.83. The van der Waals surface area contributed by atoms with Gasteiger partial charge >= 0.3 is 0 Å². The smallest absolute Gasteiger partial charge is 0.237 e. The largest absolute Gasteiger partial charge is 0.497 e. The molecule has 3 rings (SSSR count). The molecule has 0 unspecified atom stereocenters. The molecule has 2 aromatic carbocycles. The Balaban J connectivity index is 1.72. The number of methoxy groups -OCH3 is 1. The first kappa shape index (κ1) is 19.5. The Hall–Kier alpha value is -2.29. The van der Waals surface area contributed by atoms with E-state index in [0.29, 0.717) is 20.9 Å². The van der Waals surface area contributed by atoms with E-state index in [9.17, 15) is 4.79 Å². The molecule has 1 amide bonds. The lowest BCUT2D eigenvalue weighted by atomic mass is 10.3. The van der Waals surface area contributed by atoms with Crippen molar-refractivity contribution in [3.63, 3.8) is 0 Å². The van der Waals surface area contributed by atoms with E-state index in [0.717, 1.165) is 11.4 Å². The number of aromatic nitrogens is 4. The Morgan fingerprint density at radius 3 is 2.67 bits per heavy atom. The van der Waals surface area contributed by atoms with Gasteiger partial charge in [0.2, 0.25) is 11.1 Å². The van der Waals surface area contributed by atoms with Crippen LogP contribution in [-0.2, 0) is 4.79 Å². The third kappa shape index (κ3) is 4.71. The van der Waals surface area contributed by atoms with E-state index in [2.05, 4.69) is 20.8 Å². The van der Waals surface area contributed by atoms with Crippen molar-refractivity contribution in [2.75, 3.05) is 12.4 Å². The molecule has 0 saturated heterocycles. The van der Waals surface area contributed by atoms with Crippen LogP contribution in [0.2, 0.25) is 10.0 Å². The Bertz CT molecular complexity index is 949. The van der Waals surface area contributed by atoms with Crippen LogP contribution in [0.1, 0.15) is 6.92 Å². The number of nitrogens with one attached hydrogen (secondary N) is 1. The standard InChI is InChI=1S/C17H15Cl2N5O2S/c1-10(16(25)20-15-9-11(18)3-8-14(15)19)27-17-21-22-23-24(17)12-4-6-13(26-2)7-5-12/h3-10H,1-2H3,(H,20,25)/t10-/m1/s1. The van der Waals surface area contributed by atoms with Gasteiger partial charge in [-0.1, -0.05) is 35.0 Å². The molecule has 10 heteroatoms. The van der Waals surface area contributed by atoms with Crippen molar-refractivity contribution in [2.24, 2.45) is 0 Å². The summed E-state index contributed by atoms with van der Waals surface area (Å²) in [6.07, 6.45) is 0. The second-order valence-corrected chi connectivity index (χ2v) is 7.60. The molecule has 3 aromatic rings. The van der Waals surface area contributed by atoms with Crippen LogP contribution >= 0.6 is 35.0 Å². The minimum absolute atomic E-state index is 0.242. The van der Waals surface area contributed by atoms with Crippen molar-refractivity contribution in [3.05, 3.63) is 52.5 Å². The molecule has 0 aliphatic rings. The molecular weight excluding hydrogens is 409 g/mol. The van der Waals surface area contributed by atoms with Gasteiger partial charge in [0, 0.05) is 5.02 Å². The van der Waals surface area contributed by atoms with Crippen molar-refractivity contribution in [1.29, 1.82) is 0 Å². The van der Waals surface area contributed by atoms with Crippen LogP contribution in [0.5, 0.6) is 5.75 Å². The Labute approximate surface area is 170 Å². The summed E-state index contributed by atoms with van der Waals surface area (Å²) in [6, 6.07) is 12.2. The fourth-order valence-corrected chi connectivity index (χ4v) is 3.32. The lowest BCUT2D eigenvalue weighted by Crippen LogP contribution is -2.23. The Kier molecular flexibility index (Phi) is 6.20. The number of hydrogen-bond donors (Lipinski definition) is 1. The van der Waals surface area contributed by atoms with Gasteiger partial charge in [-0.3, -0.25) is 4.79 Å². The van der Waals surface area contributed by atoms with Gasteiger partial charge in [-0.15, -0.1) is 5.10 Å². The topological polar surface area (TPSA) is 81.9 Å². The van der Waals surface area contributed by atoms with Gasteiger partial charge in [-0.05, 0) is 59.8 Å². The minimum Gasteiger partial charge on any atom is -0.497 e. The molecule has 1 atom stereocenters. The number of hydrogen-bond acceptors (Lipinski definition) is 6. The summed E-state index contributed by atoms with van der Waals surface area (Å²) in [5.41, 5.74) is 1.21. The maximum atomic E-state index is 12.5. The highest BCUT2D eigenvalue weighted by molar-refractivity contribution is 8.00. The van der Waals surface area contributed by atoms with Crippen LogP contribution in [0.15, 0.2) is 47.6 Å². The maximum absolute atomic E-state index is 12.5. The van der Waals surface area contributed by atoms with Crippen molar-refractivity contribution >= 4 is 46.6 Å². The van der Waals surface area contributed by atoms with Crippen LogP contribution < -0.4 is 10.1 Å². The Morgan fingerprint density at radius 1 is 1.22 bits per heavy atom. The number of anilines is 1. The molecule has 1 N–H and O–H groups in total. The van der Waals surface area contributed by atoms with E-state index in [-0.39, 0.29) is 5.91 Å². The first-order chi connectivity index (χ1) is 13.0. The third-order valence-electron chi connectivity index (χ3n) is 3.60. The molecule has 0 aliphatic carbocycles. The summed E-state index contributed by atoms with van der Waals surface area (Å²) in [6.45, 7) is 1.76. The van der Waals surface area contributed by atoms with Gasteiger partial charge in [0.25, 0.3) is 0 Å². The van der Waals surface area contributed by atoms with E-state index in [1.165, 1.54) is 11.8 Å². The summed E-state index contributed by atoms with van der Waals surface area (Å²) < 4.78 is 6.70. The number of ether oxygens (including phenoxy) is 1. The lowest BCUT2D eigenvalue weighted by Gasteiger charge is -2.13. The molecule has 140 valence electrons. The van der Waals surface area contributed by atoms with Gasteiger partial charge in [0.05, 0.1) is 28.8 Å². The molecule has 1 aromatic heterocycles. The predicted molar refractivity (Wildman–Crippen MR) is 106 cm³/mol. The third-order valence-corrected chi connectivity index (χ3v) is 5.19. The van der Waals surface area contributed by atoms with E-state index < -0.39 is 5.25 Å². The van der Waals surface area contributed by atoms with Gasteiger partial charge in [-0.25, -0.2) is 0 Å². The lowest BCUT2D eigenvalue weighted by molar-refractivity contribution is -0.115. The zero-order valence-electron chi connectivity index (χ0n) is 14.4. The molecule has 1 heterocycles. The number of halogens is 2. The van der Waals surface area contributed by atoms with Crippen LogP contribution in [0.3, 0.4) is 0 Å². The van der Waals surface area contributed by atoms with Crippen LogP contribution in [0.4, 0.5) is 5.69 Å². The van der Waals surface area contributed by atoms with E-state index in [1.807, 2.05) is 24.3 Å². The van der Waals surface area contributed by atoms with E-state index in [1.54, 1.807) is 36.9 Å². The average Bonchev–Trinajstić information content (AvgIpc) is 3.12. The summed E-state index contributed by atoms with van der Waals surface area (Å²) in [5.74, 6) is 0.487.